The number of para-hydroxylation sites is 2. The van der Waals surface area contributed by atoms with Gasteiger partial charge in [0.2, 0.25) is 0 Å². The lowest BCUT2D eigenvalue weighted by Crippen LogP contribution is -2.49. The van der Waals surface area contributed by atoms with Gasteiger partial charge in [0.1, 0.15) is 5.82 Å². The first kappa shape index (κ1) is 11.4. The second kappa shape index (κ2) is 4.88. The highest BCUT2D eigenvalue weighted by Gasteiger charge is 2.23. The summed E-state index contributed by atoms with van der Waals surface area (Å²) in [7, 11) is 0. The minimum absolute atomic E-state index is 0.189. The zero-order chi connectivity index (χ0) is 12.4. The fourth-order valence-electron chi connectivity index (χ4n) is 2.24. The molecule has 0 amide bonds. The molecule has 5 heteroatoms. The van der Waals surface area contributed by atoms with E-state index in [2.05, 4.69) is 14.9 Å². The molecule has 1 aromatic carbocycles. The molecule has 1 aliphatic heterocycles. The van der Waals surface area contributed by atoms with E-state index < -0.39 is 0 Å². The van der Waals surface area contributed by atoms with Crippen LogP contribution < -0.4 is 10.6 Å². The van der Waals surface area contributed by atoms with Gasteiger partial charge in [-0.05, 0) is 12.1 Å². The fourth-order valence-corrected chi connectivity index (χ4v) is 2.24. The van der Waals surface area contributed by atoms with Crippen LogP contribution in [0.5, 0.6) is 0 Å². The molecule has 1 atom stereocenters. The van der Waals surface area contributed by atoms with Crippen LogP contribution in [0.25, 0.3) is 11.0 Å². The summed E-state index contributed by atoms with van der Waals surface area (Å²) in [5.41, 5.74) is 7.60. The molecule has 94 valence electrons. The molecule has 2 aromatic rings. The third-order valence-electron chi connectivity index (χ3n) is 3.23. The molecule has 0 bridgehead atoms. The van der Waals surface area contributed by atoms with Gasteiger partial charge < -0.3 is 15.4 Å². The molecular formula is C13H16N4O. The zero-order valence-electron chi connectivity index (χ0n) is 10.1. The molecule has 0 radical (unpaired) electrons. The third kappa shape index (κ3) is 2.02. The van der Waals surface area contributed by atoms with Gasteiger partial charge in [-0.25, -0.2) is 4.98 Å². The van der Waals surface area contributed by atoms with Gasteiger partial charge in [-0.2, -0.15) is 0 Å². The summed E-state index contributed by atoms with van der Waals surface area (Å²) < 4.78 is 5.44. The Balaban J connectivity index is 1.97. The van der Waals surface area contributed by atoms with Gasteiger partial charge in [-0.1, -0.05) is 12.1 Å². The van der Waals surface area contributed by atoms with Crippen molar-refractivity contribution in [2.45, 2.75) is 6.04 Å². The van der Waals surface area contributed by atoms with Crippen molar-refractivity contribution < 1.29 is 4.74 Å². The Kier molecular flexibility index (Phi) is 3.08. The highest BCUT2D eigenvalue weighted by Crippen LogP contribution is 2.19. The molecule has 2 N–H and O–H groups in total. The Morgan fingerprint density at radius 3 is 3.00 bits per heavy atom. The number of hydrogen-bond donors (Lipinski definition) is 1. The lowest BCUT2D eigenvalue weighted by molar-refractivity contribution is 0.0958. The van der Waals surface area contributed by atoms with Gasteiger partial charge >= 0.3 is 0 Å². The Hall–Kier alpha value is -1.72. The largest absolute Gasteiger partial charge is 0.377 e. The molecule has 0 spiro atoms. The van der Waals surface area contributed by atoms with Crippen LogP contribution in [0.4, 0.5) is 5.82 Å². The van der Waals surface area contributed by atoms with Crippen molar-refractivity contribution in [2.75, 3.05) is 31.2 Å². The van der Waals surface area contributed by atoms with Crippen molar-refractivity contribution in [2.24, 2.45) is 5.73 Å². The standard InChI is InChI=1S/C13H16N4O/c14-7-10-9-18-6-5-17(10)13-8-15-11-3-1-2-4-12(11)16-13/h1-4,8,10H,5-7,9,14H2. The summed E-state index contributed by atoms with van der Waals surface area (Å²) in [4.78, 5) is 11.3. The SMILES string of the molecule is NCC1COCCN1c1cnc2ccccc2n1. The lowest BCUT2D eigenvalue weighted by Gasteiger charge is -2.35. The first-order valence-corrected chi connectivity index (χ1v) is 6.15. The van der Waals surface area contributed by atoms with Crippen LogP contribution in [-0.2, 0) is 4.74 Å². The third-order valence-corrected chi connectivity index (χ3v) is 3.23. The minimum Gasteiger partial charge on any atom is -0.377 e. The highest BCUT2D eigenvalue weighted by molar-refractivity contribution is 5.75. The number of ether oxygens (including phenoxy) is 1. The van der Waals surface area contributed by atoms with E-state index in [-0.39, 0.29) is 6.04 Å². The average Bonchev–Trinajstić information content (AvgIpc) is 2.46. The highest BCUT2D eigenvalue weighted by atomic mass is 16.5. The first-order valence-electron chi connectivity index (χ1n) is 6.15. The van der Waals surface area contributed by atoms with Gasteiger partial charge in [0, 0.05) is 13.1 Å². The summed E-state index contributed by atoms with van der Waals surface area (Å²) in [5.74, 6) is 0.882. The summed E-state index contributed by atoms with van der Waals surface area (Å²) >= 11 is 0. The van der Waals surface area contributed by atoms with Crippen LogP contribution in [0, 0.1) is 0 Å². The lowest BCUT2D eigenvalue weighted by atomic mass is 10.2. The molecule has 0 aliphatic carbocycles. The Labute approximate surface area is 106 Å². The normalized spacial score (nSPS) is 20.3. The molecule has 1 saturated heterocycles. The van der Waals surface area contributed by atoms with E-state index in [4.69, 9.17) is 10.5 Å². The number of nitrogens with two attached hydrogens (primary N) is 1. The van der Waals surface area contributed by atoms with Gasteiger partial charge in [-0.15, -0.1) is 0 Å². The molecule has 1 aromatic heterocycles. The van der Waals surface area contributed by atoms with E-state index in [1.807, 2.05) is 30.5 Å². The number of morpholine rings is 1. The summed E-state index contributed by atoms with van der Waals surface area (Å²) in [6.45, 7) is 2.75. The number of rotatable bonds is 2. The number of benzene rings is 1. The second-order valence-electron chi connectivity index (χ2n) is 4.37. The van der Waals surface area contributed by atoms with Gasteiger partial charge in [0.25, 0.3) is 0 Å². The molecule has 3 rings (SSSR count). The van der Waals surface area contributed by atoms with Crippen molar-refractivity contribution in [1.82, 2.24) is 9.97 Å². The molecule has 18 heavy (non-hydrogen) atoms. The monoisotopic (exact) mass is 244 g/mol. The van der Waals surface area contributed by atoms with Crippen LogP contribution >= 0.6 is 0 Å². The maximum atomic E-state index is 5.77. The maximum absolute atomic E-state index is 5.77. The van der Waals surface area contributed by atoms with Crippen molar-refractivity contribution in [1.29, 1.82) is 0 Å². The number of nitrogens with zero attached hydrogens (tertiary/aromatic N) is 3. The Bertz CT molecular complexity index is 545. The topological polar surface area (TPSA) is 64.3 Å². The quantitative estimate of drug-likeness (QED) is 0.846. The van der Waals surface area contributed by atoms with Gasteiger partial charge in [0.05, 0.1) is 36.5 Å². The van der Waals surface area contributed by atoms with Crippen LogP contribution in [-0.4, -0.2) is 42.3 Å². The zero-order valence-corrected chi connectivity index (χ0v) is 10.1. The van der Waals surface area contributed by atoms with E-state index in [0.29, 0.717) is 19.8 Å². The van der Waals surface area contributed by atoms with Crippen LogP contribution in [0.1, 0.15) is 0 Å². The van der Waals surface area contributed by atoms with E-state index in [1.165, 1.54) is 0 Å². The van der Waals surface area contributed by atoms with Crippen molar-refractivity contribution >= 4 is 16.9 Å². The smallest absolute Gasteiger partial charge is 0.148 e. The Morgan fingerprint density at radius 2 is 2.17 bits per heavy atom. The average molecular weight is 244 g/mol. The minimum atomic E-state index is 0.189. The maximum Gasteiger partial charge on any atom is 0.148 e. The molecule has 1 aliphatic rings. The molecule has 1 unspecified atom stereocenters. The summed E-state index contributed by atoms with van der Waals surface area (Å²) in [6, 6.07) is 8.07. The van der Waals surface area contributed by atoms with Crippen LogP contribution in [0.15, 0.2) is 30.5 Å². The summed E-state index contributed by atoms with van der Waals surface area (Å²) in [6.07, 6.45) is 1.82. The second-order valence-corrected chi connectivity index (χ2v) is 4.37. The van der Waals surface area contributed by atoms with E-state index in [0.717, 1.165) is 23.4 Å². The molecule has 2 heterocycles. The van der Waals surface area contributed by atoms with E-state index >= 15 is 0 Å². The van der Waals surface area contributed by atoms with E-state index in [1.54, 1.807) is 0 Å². The van der Waals surface area contributed by atoms with Crippen molar-refractivity contribution in [3.05, 3.63) is 30.5 Å². The number of hydrogen-bond acceptors (Lipinski definition) is 5. The predicted octanol–water partition coefficient (Wildman–Crippen LogP) is 0.794. The number of anilines is 1. The van der Waals surface area contributed by atoms with Crippen LogP contribution in [0.2, 0.25) is 0 Å². The molecule has 1 fully saturated rings. The summed E-state index contributed by atoms with van der Waals surface area (Å²) in [5, 5.41) is 0. The van der Waals surface area contributed by atoms with E-state index in [9.17, 15) is 0 Å². The number of aromatic nitrogens is 2. The van der Waals surface area contributed by atoms with Crippen molar-refractivity contribution in [3.8, 4) is 0 Å². The first-order chi connectivity index (χ1) is 8.88. The fraction of sp³-hybridized carbons (Fsp3) is 0.385. The molecule has 5 nitrogen and oxygen atoms in total. The molecular weight excluding hydrogens is 228 g/mol. The van der Waals surface area contributed by atoms with Crippen molar-refractivity contribution in [3.63, 3.8) is 0 Å². The van der Waals surface area contributed by atoms with Crippen LogP contribution in [0.3, 0.4) is 0 Å². The van der Waals surface area contributed by atoms with Gasteiger partial charge in [0.15, 0.2) is 0 Å². The predicted molar refractivity (Wildman–Crippen MR) is 70.5 cm³/mol. The Morgan fingerprint density at radius 1 is 1.33 bits per heavy atom. The molecule has 0 saturated carbocycles. The number of fused-ring (bicyclic) bond motifs is 1. The van der Waals surface area contributed by atoms with Gasteiger partial charge in [-0.3, -0.25) is 4.98 Å².